The summed E-state index contributed by atoms with van der Waals surface area (Å²) in [5, 5.41) is 3.14. The van der Waals surface area contributed by atoms with E-state index in [2.05, 4.69) is 15.3 Å². The second-order valence-electron chi connectivity index (χ2n) is 4.89. The molecular formula is C16H19F2N3. The standard InChI is InChI=1S/C16H19F2N3/c1-4-8-19-14-9-12(20-13(5-2)21-14)15-11(17)7-6-10(3)16(15)18/h6-7,9H,4-5,8H2,1-3H3,(H,19,20,21). The van der Waals surface area contributed by atoms with E-state index in [-0.39, 0.29) is 11.3 Å². The number of aryl methyl sites for hydroxylation is 2. The molecule has 2 aromatic rings. The monoisotopic (exact) mass is 291 g/mol. The van der Waals surface area contributed by atoms with Gasteiger partial charge in [-0.25, -0.2) is 18.7 Å². The Labute approximate surface area is 123 Å². The highest BCUT2D eigenvalue weighted by Gasteiger charge is 2.16. The van der Waals surface area contributed by atoms with Crippen LogP contribution in [0.5, 0.6) is 0 Å². The van der Waals surface area contributed by atoms with Gasteiger partial charge in [0.25, 0.3) is 0 Å². The molecule has 0 atom stereocenters. The van der Waals surface area contributed by atoms with Gasteiger partial charge in [0.1, 0.15) is 23.3 Å². The van der Waals surface area contributed by atoms with Crippen LogP contribution in [0, 0.1) is 18.6 Å². The first-order valence-electron chi connectivity index (χ1n) is 7.13. The summed E-state index contributed by atoms with van der Waals surface area (Å²) in [7, 11) is 0. The molecular weight excluding hydrogens is 272 g/mol. The van der Waals surface area contributed by atoms with E-state index in [1.807, 2.05) is 13.8 Å². The zero-order valence-electron chi connectivity index (χ0n) is 12.5. The lowest BCUT2D eigenvalue weighted by molar-refractivity contribution is 0.582. The number of benzene rings is 1. The van der Waals surface area contributed by atoms with E-state index < -0.39 is 11.6 Å². The molecule has 0 spiro atoms. The Hall–Kier alpha value is -2.04. The molecule has 2 rings (SSSR count). The molecule has 0 aliphatic heterocycles. The Morgan fingerprint density at radius 1 is 1.14 bits per heavy atom. The molecule has 1 N–H and O–H groups in total. The van der Waals surface area contributed by atoms with Gasteiger partial charge in [-0.05, 0) is 25.0 Å². The number of rotatable bonds is 5. The summed E-state index contributed by atoms with van der Waals surface area (Å²) in [5.41, 5.74) is 0.580. The molecule has 112 valence electrons. The van der Waals surface area contributed by atoms with E-state index in [0.717, 1.165) is 13.0 Å². The molecule has 1 heterocycles. The Morgan fingerprint density at radius 2 is 1.90 bits per heavy atom. The first kappa shape index (κ1) is 15.4. The van der Waals surface area contributed by atoms with Crippen molar-refractivity contribution < 1.29 is 8.78 Å². The van der Waals surface area contributed by atoms with Crippen LogP contribution in [0.1, 0.15) is 31.7 Å². The minimum Gasteiger partial charge on any atom is -0.370 e. The summed E-state index contributed by atoms with van der Waals surface area (Å²) >= 11 is 0. The van der Waals surface area contributed by atoms with Gasteiger partial charge in [-0.3, -0.25) is 0 Å². The van der Waals surface area contributed by atoms with Crippen LogP contribution in [0.3, 0.4) is 0 Å². The molecule has 0 aliphatic carbocycles. The molecule has 0 saturated carbocycles. The summed E-state index contributed by atoms with van der Waals surface area (Å²) in [6.07, 6.45) is 1.54. The van der Waals surface area contributed by atoms with Crippen molar-refractivity contribution >= 4 is 5.82 Å². The van der Waals surface area contributed by atoms with Crippen molar-refractivity contribution in [3.05, 3.63) is 41.2 Å². The van der Waals surface area contributed by atoms with Crippen LogP contribution in [0.15, 0.2) is 18.2 Å². The summed E-state index contributed by atoms with van der Waals surface area (Å²) < 4.78 is 28.3. The van der Waals surface area contributed by atoms with Gasteiger partial charge in [-0.15, -0.1) is 0 Å². The molecule has 1 aromatic heterocycles. The summed E-state index contributed by atoms with van der Waals surface area (Å²) in [6, 6.07) is 4.28. The van der Waals surface area contributed by atoms with Crippen LogP contribution in [0.2, 0.25) is 0 Å². The van der Waals surface area contributed by atoms with Crippen LogP contribution >= 0.6 is 0 Å². The number of anilines is 1. The predicted molar refractivity (Wildman–Crippen MR) is 80.3 cm³/mol. The van der Waals surface area contributed by atoms with Crippen LogP contribution < -0.4 is 5.32 Å². The van der Waals surface area contributed by atoms with E-state index in [0.29, 0.717) is 23.6 Å². The van der Waals surface area contributed by atoms with Gasteiger partial charge < -0.3 is 5.32 Å². The minimum absolute atomic E-state index is 0.0911. The quantitative estimate of drug-likeness (QED) is 0.900. The molecule has 3 nitrogen and oxygen atoms in total. The van der Waals surface area contributed by atoms with Crippen molar-refractivity contribution in [1.29, 1.82) is 0 Å². The SMILES string of the molecule is CCCNc1cc(-c2c(F)ccc(C)c2F)nc(CC)n1. The fraction of sp³-hybridized carbons (Fsp3) is 0.375. The number of hydrogen-bond donors (Lipinski definition) is 1. The number of hydrogen-bond acceptors (Lipinski definition) is 3. The average molecular weight is 291 g/mol. The fourth-order valence-electron chi connectivity index (χ4n) is 2.02. The molecule has 0 radical (unpaired) electrons. The predicted octanol–water partition coefficient (Wildman–Crippen LogP) is 4.11. The van der Waals surface area contributed by atoms with Crippen LogP contribution in [0.25, 0.3) is 11.3 Å². The van der Waals surface area contributed by atoms with Crippen molar-refractivity contribution in [1.82, 2.24) is 9.97 Å². The lowest BCUT2D eigenvalue weighted by atomic mass is 10.1. The van der Waals surface area contributed by atoms with E-state index in [4.69, 9.17) is 0 Å². The van der Waals surface area contributed by atoms with E-state index >= 15 is 0 Å². The van der Waals surface area contributed by atoms with Gasteiger partial charge in [0.2, 0.25) is 0 Å². The molecule has 0 bridgehead atoms. The lowest BCUT2D eigenvalue weighted by Crippen LogP contribution is -2.06. The normalized spacial score (nSPS) is 10.7. The first-order chi connectivity index (χ1) is 10.1. The van der Waals surface area contributed by atoms with Crippen molar-refractivity contribution in [2.45, 2.75) is 33.6 Å². The maximum atomic E-state index is 14.2. The van der Waals surface area contributed by atoms with Crippen LogP contribution in [-0.4, -0.2) is 16.5 Å². The van der Waals surface area contributed by atoms with E-state index in [9.17, 15) is 8.78 Å². The molecule has 1 aromatic carbocycles. The van der Waals surface area contributed by atoms with Gasteiger partial charge in [-0.2, -0.15) is 0 Å². The minimum atomic E-state index is -0.611. The largest absolute Gasteiger partial charge is 0.370 e. The molecule has 0 fully saturated rings. The van der Waals surface area contributed by atoms with E-state index in [1.165, 1.54) is 12.1 Å². The summed E-state index contributed by atoms with van der Waals surface area (Å²) in [4.78, 5) is 8.59. The van der Waals surface area contributed by atoms with Gasteiger partial charge in [-0.1, -0.05) is 19.9 Å². The molecule has 0 amide bonds. The lowest BCUT2D eigenvalue weighted by Gasteiger charge is -2.11. The van der Waals surface area contributed by atoms with Crippen molar-refractivity contribution in [3.63, 3.8) is 0 Å². The zero-order chi connectivity index (χ0) is 15.4. The van der Waals surface area contributed by atoms with Gasteiger partial charge in [0.05, 0.1) is 11.3 Å². The average Bonchev–Trinajstić information content (AvgIpc) is 2.49. The summed E-state index contributed by atoms with van der Waals surface area (Å²) in [6.45, 7) is 6.30. The highest BCUT2D eigenvalue weighted by atomic mass is 19.1. The van der Waals surface area contributed by atoms with Gasteiger partial charge in [0, 0.05) is 19.0 Å². The molecule has 0 aliphatic rings. The molecule has 5 heteroatoms. The van der Waals surface area contributed by atoms with Crippen molar-refractivity contribution in [2.75, 3.05) is 11.9 Å². The molecule has 0 unspecified atom stereocenters. The number of aromatic nitrogens is 2. The Bertz CT molecular complexity index is 642. The second kappa shape index (κ2) is 6.61. The van der Waals surface area contributed by atoms with Gasteiger partial charge in [0.15, 0.2) is 0 Å². The summed E-state index contributed by atoms with van der Waals surface area (Å²) in [5.74, 6) is -0.0251. The third-order valence-electron chi connectivity index (χ3n) is 3.19. The Kier molecular flexibility index (Phi) is 4.83. The third kappa shape index (κ3) is 3.35. The smallest absolute Gasteiger partial charge is 0.138 e. The first-order valence-corrected chi connectivity index (χ1v) is 7.13. The Morgan fingerprint density at radius 3 is 2.57 bits per heavy atom. The fourth-order valence-corrected chi connectivity index (χ4v) is 2.02. The maximum Gasteiger partial charge on any atom is 0.138 e. The zero-order valence-corrected chi connectivity index (χ0v) is 12.5. The van der Waals surface area contributed by atoms with Crippen LogP contribution in [0.4, 0.5) is 14.6 Å². The highest BCUT2D eigenvalue weighted by molar-refractivity contribution is 5.65. The topological polar surface area (TPSA) is 37.8 Å². The second-order valence-corrected chi connectivity index (χ2v) is 4.89. The number of nitrogens with one attached hydrogen (secondary N) is 1. The van der Waals surface area contributed by atoms with Crippen LogP contribution in [-0.2, 0) is 6.42 Å². The number of nitrogens with zero attached hydrogens (tertiary/aromatic N) is 2. The molecule has 21 heavy (non-hydrogen) atoms. The van der Waals surface area contributed by atoms with E-state index in [1.54, 1.807) is 13.0 Å². The van der Waals surface area contributed by atoms with Crippen molar-refractivity contribution in [2.24, 2.45) is 0 Å². The van der Waals surface area contributed by atoms with Gasteiger partial charge >= 0.3 is 0 Å². The Balaban J connectivity index is 2.55. The maximum absolute atomic E-state index is 14.2. The molecule has 0 saturated heterocycles. The third-order valence-corrected chi connectivity index (χ3v) is 3.19. The highest BCUT2D eigenvalue weighted by Crippen LogP contribution is 2.28. The number of halogens is 2. The van der Waals surface area contributed by atoms with Crippen molar-refractivity contribution in [3.8, 4) is 11.3 Å².